The standard InChI is InChI=1S/C12H25O/c1-3-5-9-12(4-2)10-7-6-8-11-13/h12H,3-11H2,1-2H3. The lowest BCUT2D eigenvalue weighted by Crippen LogP contribution is -1.98. The van der Waals surface area contributed by atoms with Gasteiger partial charge >= 0.3 is 0 Å². The van der Waals surface area contributed by atoms with E-state index in [-0.39, 0.29) is 6.61 Å². The highest BCUT2D eigenvalue weighted by Gasteiger charge is 2.04. The van der Waals surface area contributed by atoms with Crippen molar-refractivity contribution in [2.75, 3.05) is 6.61 Å². The molecule has 0 saturated heterocycles. The second kappa shape index (κ2) is 10.0. The van der Waals surface area contributed by atoms with E-state index in [0.29, 0.717) is 0 Å². The minimum atomic E-state index is 0.117. The van der Waals surface area contributed by atoms with E-state index in [1.54, 1.807) is 0 Å². The first-order valence-corrected chi connectivity index (χ1v) is 5.93. The Hall–Kier alpha value is -0.0400. The molecule has 0 aliphatic rings. The highest BCUT2D eigenvalue weighted by atomic mass is 16.2. The number of hydrogen-bond acceptors (Lipinski definition) is 0. The highest BCUT2D eigenvalue weighted by Crippen LogP contribution is 2.19. The molecule has 0 aliphatic carbocycles. The van der Waals surface area contributed by atoms with Crippen LogP contribution in [0.15, 0.2) is 0 Å². The number of hydrogen-bond donors (Lipinski definition) is 0. The van der Waals surface area contributed by atoms with Crippen LogP contribution in [0, 0.1) is 5.92 Å². The third-order valence-corrected chi connectivity index (χ3v) is 2.80. The van der Waals surface area contributed by atoms with Crippen molar-refractivity contribution < 1.29 is 5.11 Å². The van der Waals surface area contributed by atoms with Crippen molar-refractivity contribution in [3.05, 3.63) is 0 Å². The Morgan fingerprint density at radius 1 is 0.923 bits per heavy atom. The zero-order chi connectivity index (χ0) is 9.94. The van der Waals surface area contributed by atoms with Gasteiger partial charge in [0, 0.05) is 0 Å². The largest absolute Gasteiger partial charge is 0.237 e. The molecule has 1 radical (unpaired) electrons. The molecule has 0 saturated carbocycles. The molecule has 0 aromatic rings. The number of unbranched alkanes of at least 4 members (excludes halogenated alkanes) is 3. The Morgan fingerprint density at radius 2 is 1.62 bits per heavy atom. The molecule has 0 heterocycles. The molecule has 1 atom stereocenters. The van der Waals surface area contributed by atoms with E-state index in [0.717, 1.165) is 18.8 Å². The fraction of sp³-hybridized carbons (Fsp3) is 1.00. The summed E-state index contributed by atoms with van der Waals surface area (Å²) >= 11 is 0. The van der Waals surface area contributed by atoms with E-state index in [1.165, 1.54) is 38.5 Å². The second-order valence-electron chi connectivity index (χ2n) is 3.97. The molecule has 0 rings (SSSR count). The van der Waals surface area contributed by atoms with E-state index < -0.39 is 0 Å². The molecular formula is C12H25O. The summed E-state index contributed by atoms with van der Waals surface area (Å²) in [6.45, 7) is 4.66. The van der Waals surface area contributed by atoms with Crippen LogP contribution in [0.4, 0.5) is 0 Å². The van der Waals surface area contributed by atoms with Gasteiger partial charge in [-0.05, 0) is 12.3 Å². The van der Waals surface area contributed by atoms with Crippen LogP contribution in [0.25, 0.3) is 0 Å². The molecule has 1 unspecified atom stereocenters. The van der Waals surface area contributed by atoms with Crippen molar-refractivity contribution >= 4 is 0 Å². The van der Waals surface area contributed by atoms with E-state index in [9.17, 15) is 5.11 Å². The molecule has 0 N–H and O–H groups in total. The third-order valence-electron chi connectivity index (χ3n) is 2.80. The lowest BCUT2D eigenvalue weighted by atomic mass is 9.93. The fourth-order valence-electron chi connectivity index (χ4n) is 1.76. The topological polar surface area (TPSA) is 19.9 Å². The van der Waals surface area contributed by atoms with Crippen LogP contribution in [0.5, 0.6) is 0 Å². The van der Waals surface area contributed by atoms with Crippen LogP contribution < -0.4 is 0 Å². The molecule has 0 amide bonds. The third kappa shape index (κ3) is 8.29. The minimum absolute atomic E-state index is 0.117. The van der Waals surface area contributed by atoms with Gasteiger partial charge in [0.15, 0.2) is 0 Å². The van der Waals surface area contributed by atoms with Crippen molar-refractivity contribution in [2.24, 2.45) is 5.92 Å². The molecule has 79 valence electrons. The van der Waals surface area contributed by atoms with Crippen LogP contribution in [-0.2, 0) is 5.11 Å². The summed E-state index contributed by atoms with van der Waals surface area (Å²) in [5.74, 6) is 0.923. The molecule has 0 bridgehead atoms. The summed E-state index contributed by atoms with van der Waals surface area (Å²) in [7, 11) is 0. The Kier molecular flexibility index (Phi) is 10.0. The summed E-state index contributed by atoms with van der Waals surface area (Å²) in [6.07, 6.45) is 10.0. The van der Waals surface area contributed by atoms with Gasteiger partial charge in [-0.25, -0.2) is 5.11 Å². The normalized spacial score (nSPS) is 13.2. The van der Waals surface area contributed by atoms with Gasteiger partial charge in [-0.2, -0.15) is 0 Å². The maximum atomic E-state index is 10.2. The lowest BCUT2D eigenvalue weighted by Gasteiger charge is -2.13. The van der Waals surface area contributed by atoms with Crippen molar-refractivity contribution in [2.45, 2.75) is 65.2 Å². The predicted octanol–water partition coefficient (Wildman–Crippen LogP) is 4.19. The van der Waals surface area contributed by atoms with E-state index >= 15 is 0 Å². The summed E-state index contributed by atoms with van der Waals surface area (Å²) < 4.78 is 0. The van der Waals surface area contributed by atoms with Gasteiger partial charge in [-0.1, -0.05) is 58.8 Å². The zero-order valence-electron chi connectivity index (χ0n) is 9.35. The van der Waals surface area contributed by atoms with Gasteiger partial charge in [0.25, 0.3) is 0 Å². The monoisotopic (exact) mass is 185 g/mol. The SMILES string of the molecule is CCCCC(CC)CCCCC[O]. The van der Waals surface area contributed by atoms with Crippen LogP contribution in [0.2, 0.25) is 0 Å². The molecule has 0 fully saturated rings. The Bertz CT molecular complexity index is 91.1. The van der Waals surface area contributed by atoms with E-state index in [1.807, 2.05) is 0 Å². The first-order chi connectivity index (χ1) is 6.35. The van der Waals surface area contributed by atoms with Gasteiger partial charge < -0.3 is 0 Å². The van der Waals surface area contributed by atoms with Crippen molar-refractivity contribution in [1.29, 1.82) is 0 Å². The van der Waals surface area contributed by atoms with Crippen LogP contribution in [0.1, 0.15) is 65.2 Å². The molecule has 0 aromatic carbocycles. The highest BCUT2D eigenvalue weighted by molar-refractivity contribution is 4.57. The van der Waals surface area contributed by atoms with Gasteiger partial charge in [0.05, 0.1) is 6.61 Å². The van der Waals surface area contributed by atoms with E-state index in [4.69, 9.17) is 0 Å². The maximum absolute atomic E-state index is 10.2. The average molecular weight is 185 g/mol. The summed E-state index contributed by atoms with van der Waals surface area (Å²) in [6, 6.07) is 0. The molecule has 0 spiro atoms. The molecule has 1 heteroatoms. The Balaban J connectivity index is 3.25. The second-order valence-corrected chi connectivity index (χ2v) is 3.97. The Labute approximate surface area is 83.5 Å². The van der Waals surface area contributed by atoms with Crippen LogP contribution in [-0.4, -0.2) is 6.61 Å². The lowest BCUT2D eigenvalue weighted by molar-refractivity contribution is 0.185. The molecule has 0 aliphatic heterocycles. The van der Waals surface area contributed by atoms with Gasteiger partial charge in [-0.15, -0.1) is 0 Å². The predicted molar refractivity (Wildman–Crippen MR) is 57.3 cm³/mol. The first kappa shape index (κ1) is 13.0. The summed E-state index contributed by atoms with van der Waals surface area (Å²) in [4.78, 5) is 0. The quantitative estimate of drug-likeness (QED) is 0.480. The van der Waals surface area contributed by atoms with Gasteiger partial charge in [-0.3, -0.25) is 0 Å². The van der Waals surface area contributed by atoms with E-state index in [2.05, 4.69) is 13.8 Å². The fourth-order valence-corrected chi connectivity index (χ4v) is 1.76. The molecular weight excluding hydrogens is 160 g/mol. The Morgan fingerprint density at radius 3 is 2.15 bits per heavy atom. The minimum Gasteiger partial charge on any atom is -0.237 e. The van der Waals surface area contributed by atoms with Crippen molar-refractivity contribution in [3.63, 3.8) is 0 Å². The average Bonchev–Trinajstić information content (AvgIpc) is 2.17. The van der Waals surface area contributed by atoms with Gasteiger partial charge in [0.1, 0.15) is 0 Å². The summed E-state index contributed by atoms with van der Waals surface area (Å²) in [5.41, 5.74) is 0. The number of rotatable bonds is 9. The molecule has 0 aromatic heterocycles. The van der Waals surface area contributed by atoms with Gasteiger partial charge in [0.2, 0.25) is 0 Å². The molecule has 13 heavy (non-hydrogen) atoms. The van der Waals surface area contributed by atoms with Crippen LogP contribution >= 0.6 is 0 Å². The van der Waals surface area contributed by atoms with Crippen LogP contribution in [0.3, 0.4) is 0 Å². The molecule has 1 nitrogen and oxygen atoms in total. The maximum Gasteiger partial charge on any atom is 0.0822 e. The first-order valence-electron chi connectivity index (χ1n) is 5.93. The zero-order valence-corrected chi connectivity index (χ0v) is 9.35. The summed E-state index contributed by atoms with van der Waals surface area (Å²) in [5, 5.41) is 10.2. The van der Waals surface area contributed by atoms with Crippen molar-refractivity contribution in [1.82, 2.24) is 0 Å². The smallest absolute Gasteiger partial charge is 0.0822 e. The van der Waals surface area contributed by atoms with Crippen molar-refractivity contribution in [3.8, 4) is 0 Å².